The monoisotopic (exact) mass is 241 g/mol. The molecule has 1 aromatic heterocycles. The maximum absolute atomic E-state index is 11.3. The Kier molecular flexibility index (Phi) is 4.50. The highest BCUT2D eigenvalue weighted by Gasteiger charge is 2.17. The van der Waals surface area contributed by atoms with E-state index in [1.807, 2.05) is 0 Å². The fourth-order valence-corrected chi connectivity index (χ4v) is 1.19. The van der Waals surface area contributed by atoms with Crippen molar-refractivity contribution in [3.8, 4) is 0 Å². The van der Waals surface area contributed by atoms with Gasteiger partial charge < -0.3 is 20.2 Å². The number of carboxylic acid groups (broad SMARTS) is 1. The summed E-state index contributed by atoms with van der Waals surface area (Å²) in [7, 11) is 0. The quantitative estimate of drug-likeness (QED) is 0.701. The third-order valence-electron chi connectivity index (χ3n) is 2.08. The molecule has 0 unspecified atom stereocenters. The van der Waals surface area contributed by atoms with Gasteiger partial charge >= 0.3 is 12.0 Å². The fraction of sp³-hybridized carbons (Fsp3) is 0.500. The number of hydrogen-bond acceptors (Lipinski definition) is 4. The number of carbonyl (C=O) groups is 2. The molecule has 0 aliphatic heterocycles. The Hall–Kier alpha value is -2.05. The van der Waals surface area contributed by atoms with Gasteiger partial charge in [-0.15, -0.1) is 0 Å². The lowest BCUT2D eigenvalue weighted by molar-refractivity contribution is -0.139. The van der Waals surface area contributed by atoms with Gasteiger partial charge in [0, 0.05) is 0 Å². The Morgan fingerprint density at radius 2 is 2.29 bits per heavy atom. The van der Waals surface area contributed by atoms with Gasteiger partial charge in [-0.2, -0.15) is 0 Å². The highest BCUT2D eigenvalue weighted by molar-refractivity contribution is 5.82. The van der Waals surface area contributed by atoms with Crippen LogP contribution in [0.15, 0.2) is 10.6 Å². The van der Waals surface area contributed by atoms with Gasteiger partial charge in [0.2, 0.25) is 5.89 Å². The number of nitrogens with one attached hydrogen (secondary N) is 2. The molecule has 94 valence electrons. The predicted molar refractivity (Wildman–Crippen MR) is 58.3 cm³/mol. The smallest absolute Gasteiger partial charge is 0.326 e. The molecular formula is C10H15N3O4. The molecule has 1 heterocycles. The van der Waals surface area contributed by atoms with E-state index in [4.69, 9.17) is 9.52 Å². The largest absolute Gasteiger partial charge is 0.480 e. The second-order valence-electron chi connectivity index (χ2n) is 3.49. The lowest BCUT2D eigenvalue weighted by Crippen LogP contribution is -2.45. The number of carbonyl (C=O) groups excluding carboxylic acids is 1. The molecule has 0 bridgehead atoms. The molecule has 0 aromatic carbocycles. The molecule has 0 aliphatic carbocycles. The summed E-state index contributed by atoms with van der Waals surface area (Å²) in [6.07, 6.45) is 1.86. The fourth-order valence-electron chi connectivity index (χ4n) is 1.19. The number of aliphatic carboxylic acids is 1. The van der Waals surface area contributed by atoms with Gasteiger partial charge in [-0.1, -0.05) is 6.92 Å². The molecule has 2 amide bonds. The van der Waals surface area contributed by atoms with Gasteiger partial charge in [0.15, 0.2) is 0 Å². The van der Waals surface area contributed by atoms with Crippen LogP contribution in [0.5, 0.6) is 0 Å². The number of nitrogens with zero attached hydrogens (tertiary/aromatic N) is 1. The van der Waals surface area contributed by atoms with Crippen molar-refractivity contribution >= 4 is 12.0 Å². The minimum atomic E-state index is -1.06. The molecule has 1 aromatic rings. The number of carboxylic acids is 1. The van der Waals surface area contributed by atoms with E-state index >= 15 is 0 Å². The molecule has 1 atom stereocenters. The second-order valence-corrected chi connectivity index (χ2v) is 3.49. The minimum Gasteiger partial charge on any atom is -0.480 e. The Bertz CT molecular complexity index is 402. The number of hydrogen-bond donors (Lipinski definition) is 3. The molecule has 0 saturated carbocycles. The van der Waals surface area contributed by atoms with Crippen molar-refractivity contribution in [2.24, 2.45) is 0 Å². The average Bonchev–Trinajstić information content (AvgIpc) is 2.68. The highest BCUT2D eigenvalue weighted by Crippen LogP contribution is 2.00. The zero-order valence-electron chi connectivity index (χ0n) is 9.69. The van der Waals surface area contributed by atoms with Crippen LogP contribution in [0, 0.1) is 6.92 Å². The summed E-state index contributed by atoms with van der Waals surface area (Å²) in [6, 6.07) is -1.45. The minimum absolute atomic E-state index is 0.121. The van der Waals surface area contributed by atoms with E-state index in [1.54, 1.807) is 20.0 Å². The molecule has 7 nitrogen and oxygen atoms in total. The summed E-state index contributed by atoms with van der Waals surface area (Å²) in [4.78, 5) is 25.9. The number of oxazole rings is 1. The van der Waals surface area contributed by atoms with Crippen molar-refractivity contribution in [1.82, 2.24) is 15.6 Å². The maximum Gasteiger partial charge on any atom is 0.326 e. The summed E-state index contributed by atoms with van der Waals surface area (Å²) in [5.41, 5.74) is 0. The predicted octanol–water partition coefficient (Wildman–Crippen LogP) is 0.645. The van der Waals surface area contributed by atoms with Crippen molar-refractivity contribution < 1.29 is 19.1 Å². The Balaban J connectivity index is 2.37. The topological polar surface area (TPSA) is 104 Å². The molecule has 1 rings (SSSR count). The van der Waals surface area contributed by atoms with E-state index in [9.17, 15) is 9.59 Å². The molecule has 3 N–H and O–H groups in total. The van der Waals surface area contributed by atoms with Crippen LogP contribution in [-0.4, -0.2) is 28.1 Å². The summed E-state index contributed by atoms with van der Waals surface area (Å²) in [6.45, 7) is 3.54. The molecule has 0 spiro atoms. The first kappa shape index (κ1) is 13.0. The first-order valence-corrected chi connectivity index (χ1v) is 5.21. The van der Waals surface area contributed by atoms with Crippen molar-refractivity contribution in [3.05, 3.63) is 17.8 Å². The van der Waals surface area contributed by atoms with E-state index in [0.717, 1.165) is 0 Å². The average molecular weight is 241 g/mol. The summed E-state index contributed by atoms with van der Waals surface area (Å²) in [5.74, 6) is -0.0326. The van der Waals surface area contributed by atoms with Gasteiger partial charge in [-0.3, -0.25) is 0 Å². The second kappa shape index (κ2) is 5.88. The number of urea groups is 1. The van der Waals surface area contributed by atoms with Crippen LogP contribution in [-0.2, 0) is 11.3 Å². The SMILES string of the molecule is CC[C@@H](NC(=O)NCc1ncc(C)o1)C(=O)O. The molecule has 0 saturated heterocycles. The highest BCUT2D eigenvalue weighted by atomic mass is 16.4. The first-order valence-electron chi connectivity index (χ1n) is 5.21. The third-order valence-corrected chi connectivity index (χ3v) is 2.08. The van der Waals surface area contributed by atoms with Crippen LogP contribution in [0.4, 0.5) is 4.79 Å². The lowest BCUT2D eigenvalue weighted by Gasteiger charge is -2.12. The van der Waals surface area contributed by atoms with Crippen LogP contribution in [0.2, 0.25) is 0 Å². The van der Waals surface area contributed by atoms with E-state index in [1.165, 1.54) is 0 Å². The summed E-state index contributed by atoms with van der Waals surface area (Å²) < 4.78 is 5.14. The van der Waals surface area contributed by atoms with Crippen molar-refractivity contribution in [3.63, 3.8) is 0 Å². The van der Waals surface area contributed by atoms with Crippen molar-refractivity contribution in [2.45, 2.75) is 32.9 Å². The number of rotatable bonds is 5. The van der Waals surface area contributed by atoms with Crippen molar-refractivity contribution in [2.75, 3.05) is 0 Å². The van der Waals surface area contributed by atoms with Crippen LogP contribution in [0.25, 0.3) is 0 Å². The lowest BCUT2D eigenvalue weighted by atomic mass is 10.2. The Morgan fingerprint density at radius 1 is 1.59 bits per heavy atom. The summed E-state index contributed by atoms with van der Waals surface area (Å²) in [5, 5.41) is 13.5. The third kappa shape index (κ3) is 4.13. The van der Waals surface area contributed by atoms with Gasteiger partial charge in [0.25, 0.3) is 0 Å². The number of aromatic nitrogens is 1. The van der Waals surface area contributed by atoms with E-state index < -0.39 is 18.0 Å². The molecule has 0 aliphatic rings. The van der Waals surface area contributed by atoms with Gasteiger partial charge in [0.05, 0.1) is 12.7 Å². The zero-order chi connectivity index (χ0) is 12.8. The normalized spacial score (nSPS) is 11.9. The van der Waals surface area contributed by atoms with Crippen LogP contribution in [0.1, 0.15) is 25.0 Å². The Labute approximate surface area is 98.2 Å². The molecule has 7 heteroatoms. The molecule has 0 fully saturated rings. The van der Waals surface area contributed by atoms with E-state index in [0.29, 0.717) is 18.1 Å². The van der Waals surface area contributed by atoms with E-state index in [-0.39, 0.29) is 6.54 Å². The number of amides is 2. The van der Waals surface area contributed by atoms with Crippen LogP contribution in [0.3, 0.4) is 0 Å². The van der Waals surface area contributed by atoms with Gasteiger partial charge in [0.1, 0.15) is 11.8 Å². The maximum atomic E-state index is 11.3. The van der Waals surface area contributed by atoms with Crippen LogP contribution < -0.4 is 10.6 Å². The van der Waals surface area contributed by atoms with Gasteiger partial charge in [-0.05, 0) is 13.3 Å². The van der Waals surface area contributed by atoms with Crippen LogP contribution >= 0.6 is 0 Å². The van der Waals surface area contributed by atoms with Crippen molar-refractivity contribution in [1.29, 1.82) is 0 Å². The standard InChI is InChI=1S/C10H15N3O4/c1-3-7(9(14)15)13-10(16)12-5-8-11-4-6(2)17-8/h4,7H,3,5H2,1-2H3,(H,14,15)(H2,12,13,16)/t7-/m1/s1. The molecule has 0 radical (unpaired) electrons. The molecule has 17 heavy (non-hydrogen) atoms. The molecular weight excluding hydrogens is 226 g/mol. The summed E-state index contributed by atoms with van der Waals surface area (Å²) >= 11 is 0. The number of aryl methyl sites for hydroxylation is 1. The first-order chi connectivity index (χ1) is 8.02. The zero-order valence-corrected chi connectivity index (χ0v) is 9.69. The van der Waals surface area contributed by atoms with E-state index in [2.05, 4.69) is 15.6 Å². The van der Waals surface area contributed by atoms with Gasteiger partial charge in [-0.25, -0.2) is 14.6 Å². The Morgan fingerprint density at radius 3 is 2.76 bits per heavy atom.